The van der Waals surface area contributed by atoms with E-state index >= 15 is 0 Å². The van der Waals surface area contributed by atoms with E-state index in [0.29, 0.717) is 34.0 Å². The highest BCUT2D eigenvalue weighted by atomic mass is 35.5. The fourth-order valence-corrected chi connectivity index (χ4v) is 3.03. The molecule has 0 amide bonds. The molecule has 0 unspecified atom stereocenters. The number of ether oxygens (including phenoxy) is 1. The van der Waals surface area contributed by atoms with E-state index in [1.807, 2.05) is 55.5 Å². The average Bonchev–Trinajstić information content (AvgIpc) is 2.70. The fraction of sp³-hybridized carbons (Fsp3) is 0.0870. The fourth-order valence-electron chi connectivity index (χ4n) is 2.91. The Morgan fingerprint density at radius 1 is 0.964 bits per heavy atom. The van der Waals surface area contributed by atoms with E-state index in [1.165, 1.54) is 12.1 Å². The van der Waals surface area contributed by atoms with Crippen LogP contribution in [0.15, 0.2) is 82.2 Å². The summed E-state index contributed by atoms with van der Waals surface area (Å²) in [5.74, 6) is 1.10. The van der Waals surface area contributed by atoms with Crippen molar-refractivity contribution in [2.75, 3.05) is 6.61 Å². The third-order valence-electron chi connectivity index (χ3n) is 4.23. The van der Waals surface area contributed by atoms with Crippen molar-refractivity contribution in [2.24, 2.45) is 4.99 Å². The second kappa shape index (κ2) is 7.87. The zero-order valence-corrected chi connectivity index (χ0v) is 15.9. The summed E-state index contributed by atoms with van der Waals surface area (Å²) in [5, 5.41) is 2.18. The molecule has 0 aliphatic carbocycles. The molecule has 4 aromatic rings. The summed E-state index contributed by atoms with van der Waals surface area (Å²) in [7, 11) is 0. The van der Waals surface area contributed by atoms with Crippen LogP contribution in [0.5, 0.6) is 5.75 Å². The monoisotopic (exact) mass is 393 g/mol. The number of hydrogen-bond acceptors (Lipinski definition) is 3. The summed E-state index contributed by atoms with van der Waals surface area (Å²) in [6.45, 7) is 2.50. The van der Waals surface area contributed by atoms with Crippen molar-refractivity contribution in [3.63, 3.8) is 0 Å². The standard InChI is InChI=1S/C23H17ClFNO2/c1-2-27-19-11-12-22-20(13-19)21(26-18-9-7-17(25)8-10-18)14-23(28-22)15-3-5-16(24)6-4-15/h3-14H,2H2,1H3. The maximum atomic E-state index is 13.3. The molecule has 0 N–H and O–H groups in total. The summed E-state index contributed by atoms with van der Waals surface area (Å²) in [6.07, 6.45) is 0. The Hall–Kier alpha value is -3.11. The normalized spacial score (nSPS) is 11.8. The predicted molar refractivity (Wildman–Crippen MR) is 109 cm³/mol. The van der Waals surface area contributed by atoms with Gasteiger partial charge in [-0.3, -0.25) is 0 Å². The first-order valence-electron chi connectivity index (χ1n) is 8.89. The Morgan fingerprint density at radius 3 is 2.43 bits per heavy atom. The van der Waals surface area contributed by atoms with Gasteiger partial charge in [-0.2, -0.15) is 0 Å². The van der Waals surface area contributed by atoms with Gasteiger partial charge in [-0.25, -0.2) is 9.38 Å². The molecule has 3 nitrogen and oxygen atoms in total. The molecular weight excluding hydrogens is 377 g/mol. The number of hydrogen-bond donors (Lipinski definition) is 0. The topological polar surface area (TPSA) is 34.7 Å². The predicted octanol–water partition coefficient (Wildman–Crippen LogP) is 6.52. The summed E-state index contributed by atoms with van der Waals surface area (Å²) < 4.78 is 25.0. The van der Waals surface area contributed by atoms with Gasteiger partial charge in [0.15, 0.2) is 0 Å². The van der Waals surface area contributed by atoms with Crippen LogP contribution in [0, 0.1) is 5.82 Å². The summed E-state index contributed by atoms with van der Waals surface area (Å²) in [4.78, 5) is 4.71. The second-order valence-electron chi connectivity index (χ2n) is 6.18. The summed E-state index contributed by atoms with van der Waals surface area (Å²) in [6, 6.07) is 21.0. The zero-order chi connectivity index (χ0) is 19.5. The van der Waals surface area contributed by atoms with Gasteiger partial charge in [-0.05, 0) is 73.7 Å². The molecule has 0 atom stereocenters. The van der Waals surface area contributed by atoms with E-state index in [9.17, 15) is 4.39 Å². The van der Waals surface area contributed by atoms with Crippen LogP contribution in [-0.4, -0.2) is 6.61 Å². The first-order chi connectivity index (χ1) is 13.6. The molecule has 3 aromatic carbocycles. The van der Waals surface area contributed by atoms with Gasteiger partial charge in [0, 0.05) is 22.0 Å². The lowest BCUT2D eigenvalue weighted by molar-refractivity contribution is 0.340. The van der Waals surface area contributed by atoms with E-state index in [1.54, 1.807) is 12.1 Å². The molecule has 0 aliphatic heterocycles. The van der Waals surface area contributed by atoms with Crippen molar-refractivity contribution >= 4 is 28.3 Å². The van der Waals surface area contributed by atoms with Crippen molar-refractivity contribution in [1.29, 1.82) is 0 Å². The lowest BCUT2D eigenvalue weighted by Crippen LogP contribution is -2.04. The molecule has 0 spiro atoms. The minimum absolute atomic E-state index is 0.299. The molecule has 0 fully saturated rings. The molecule has 140 valence electrons. The van der Waals surface area contributed by atoms with E-state index < -0.39 is 0 Å². The highest BCUT2D eigenvalue weighted by molar-refractivity contribution is 6.30. The van der Waals surface area contributed by atoms with Crippen LogP contribution in [0.4, 0.5) is 10.1 Å². The second-order valence-corrected chi connectivity index (χ2v) is 6.62. The maximum Gasteiger partial charge on any atom is 0.137 e. The number of benzene rings is 3. The maximum absolute atomic E-state index is 13.3. The molecule has 1 heterocycles. The quantitative estimate of drug-likeness (QED) is 0.395. The summed E-state index contributed by atoms with van der Waals surface area (Å²) >= 11 is 6.00. The largest absolute Gasteiger partial charge is 0.494 e. The zero-order valence-electron chi connectivity index (χ0n) is 15.2. The molecule has 0 bridgehead atoms. The number of halogens is 2. The molecule has 4 rings (SSSR count). The SMILES string of the molecule is CCOc1ccc2oc(-c3ccc(Cl)cc3)cc(=Nc3ccc(F)cc3)c2c1. The van der Waals surface area contributed by atoms with Crippen molar-refractivity contribution in [1.82, 2.24) is 0 Å². The van der Waals surface area contributed by atoms with Crippen LogP contribution in [0.1, 0.15) is 6.92 Å². The molecule has 5 heteroatoms. The van der Waals surface area contributed by atoms with Gasteiger partial charge < -0.3 is 9.15 Å². The Labute approximate surface area is 166 Å². The van der Waals surface area contributed by atoms with Gasteiger partial charge in [0.25, 0.3) is 0 Å². The van der Waals surface area contributed by atoms with Gasteiger partial charge in [-0.1, -0.05) is 11.6 Å². The number of fused-ring (bicyclic) bond motifs is 1. The molecule has 0 aliphatic rings. The highest BCUT2D eigenvalue weighted by Gasteiger charge is 2.08. The van der Waals surface area contributed by atoms with E-state index in [-0.39, 0.29) is 5.82 Å². The Balaban J connectivity index is 1.95. The first kappa shape index (κ1) is 18.3. The van der Waals surface area contributed by atoms with Crippen LogP contribution >= 0.6 is 11.6 Å². The smallest absolute Gasteiger partial charge is 0.137 e. The Bertz CT molecular complexity index is 1180. The van der Waals surface area contributed by atoms with Crippen molar-refractivity contribution in [2.45, 2.75) is 6.92 Å². The third-order valence-corrected chi connectivity index (χ3v) is 4.48. The Morgan fingerprint density at radius 2 is 1.71 bits per heavy atom. The van der Waals surface area contributed by atoms with Crippen LogP contribution in [0.3, 0.4) is 0 Å². The van der Waals surface area contributed by atoms with Gasteiger partial charge in [0.2, 0.25) is 0 Å². The molecule has 1 aromatic heterocycles. The average molecular weight is 394 g/mol. The Kier molecular flexibility index (Phi) is 5.13. The minimum Gasteiger partial charge on any atom is -0.494 e. The molecule has 28 heavy (non-hydrogen) atoms. The highest BCUT2D eigenvalue weighted by Crippen LogP contribution is 2.26. The van der Waals surface area contributed by atoms with Crippen LogP contribution < -0.4 is 10.1 Å². The minimum atomic E-state index is -0.299. The lowest BCUT2D eigenvalue weighted by atomic mass is 10.1. The van der Waals surface area contributed by atoms with E-state index in [2.05, 4.69) is 0 Å². The van der Waals surface area contributed by atoms with Crippen LogP contribution in [0.2, 0.25) is 5.02 Å². The summed E-state index contributed by atoms with van der Waals surface area (Å²) in [5.41, 5.74) is 2.21. The lowest BCUT2D eigenvalue weighted by Gasteiger charge is -2.08. The van der Waals surface area contributed by atoms with Crippen molar-refractivity contribution < 1.29 is 13.5 Å². The molecular formula is C23H17ClFNO2. The van der Waals surface area contributed by atoms with Crippen LogP contribution in [0.25, 0.3) is 22.3 Å². The van der Waals surface area contributed by atoms with Crippen molar-refractivity contribution in [3.8, 4) is 17.1 Å². The van der Waals surface area contributed by atoms with E-state index in [4.69, 9.17) is 25.7 Å². The third kappa shape index (κ3) is 3.92. The number of rotatable bonds is 4. The van der Waals surface area contributed by atoms with Crippen LogP contribution in [-0.2, 0) is 0 Å². The first-order valence-corrected chi connectivity index (χ1v) is 9.27. The van der Waals surface area contributed by atoms with Gasteiger partial charge >= 0.3 is 0 Å². The number of nitrogens with zero attached hydrogens (tertiary/aromatic N) is 1. The molecule has 0 radical (unpaired) electrons. The van der Waals surface area contributed by atoms with E-state index in [0.717, 1.165) is 16.7 Å². The van der Waals surface area contributed by atoms with Gasteiger partial charge in [0.1, 0.15) is 22.9 Å². The van der Waals surface area contributed by atoms with Gasteiger partial charge in [-0.15, -0.1) is 0 Å². The molecule has 0 saturated carbocycles. The molecule has 0 saturated heterocycles. The van der Waals surface area contributed by atoms with Crippen molar-refractivity contribution in [3.05, 3.63) is 89.0 Å². The van der Waals surface area contributed by atoms with Gasteiger partial charge in [0.05, 0.1) is 17.7 Å².